The Bertz CT molecular complexity index is 947. The van der Waals surface area contributed by atoms with Gasteiger partial charge in [-0.05, 0) is 31.2 Å². The van der Waals surface area contributed by atoms with E-state index in [1.807, 2.05) is 44.2 Å². The average Bonchev–Trinajstić information content (AvgIpc) is 2.97. The third-order valence-corrected chi connectivity index (χ3v) is 7.56. The fourth-order valence-electron chi connectivity index (χ4n) is 5.28. The summed E-state index contributed by atoms with van der Waals surface area (Å²) >= 11 is 0. The van der Waals surface area contributed by atoms with Gasteiger partial charge in [0.15, 0.2) is 0 Å². The molecule has 10 heteroatoms. The number of carbonyl (C=O) groups excluding carboxylic acids is 4. The molecular weight excluding hydrogens is 512 g/mol. The first kappa shape index (κ1) is 31.5. The Hall–Kier alpha value is -2.98. The van der Waals surface area contributed by atoms with Crippen molar-refractivity contribution in [3.63, 3.8) is 0 Å². The van der Waals surface area contributed by atoms with E-state index in [0.717, 1.165) is 44.1 Å². The Labute approximate surface area is 237 Å². The van der Waals surface area contributed by atoms with E-state index in [-0.39, 0.29) is 25.3 Å². The van der Waals surface area contributed by atoms with E-state index in [1.54, 1.807) is 4.90 Å². The number of nitrogens with zero attached hydrogens (tertiary/aromatic N) is 1. The van der Waals surface area contributed by atoms with Crippen LogP contribution < -0.4 is 16.0 Å². The minimum absolute atomic E-state index is 0.164. The molecule has 3 atom stereocenters. The number of amides is 4. The monoisotopic (exact) mass is 558 g/mol. The van der Waals surface area contributed by atoms with Crippen LogP contribution in [0.15, 0.2) is 30.3 Å². The van der Waals surface area contributed by atoms with Gasteiger partial charge in [0.25, 0.3) is 5.91 Å². The van der Waals surface area contributed by atoms with Gasteiger partial charge in [0.05, 0.1) is 26.4 Å². The lowest BCUT2D eigenvalue weighted by Crippen LogP contribution is -2.58. The molecule has 1 aliphatic heterocycles. The molecule has 10 nitrogen and oxygen atoms in total. The van der Waals surface area contributed by atoms with Crippen LogP contribution in [-0.4, -0.2) is 79.6 Å². The standard InChI is InChI=1S/C30H46N4O6/c1-3-10-22(2)31-29(37)27(35)26(21-40-20-24-13-8-5-9-14-24)32-28(36)25(19-23-11-6-4-7-12-23)33-30(38)34-15-17-39-18-16-34/h5,8-9,13-14,22-23,25-26H,3-4,6-7,10-12,15-21H2,1-2H3,(H,31,37)(H,32,36)(H,33,38)/t22?,25-,26?/m1/s1. The van der Waals surface area contributed by atoms with Crippen LogP contribution in [0.5, 0.6) is 0 Å². The third-order valence-electron chi connectivity index (χ3n) is 7.56. The van der Waals surface area contributed by atoms with E-state index in [1.165, 1.54) is 6.42 Å². The Balaban J connectivity index is 1.71. The van der Waals surface area contributed by atoms with E-state index in [9.17, 15) is 19.2 Å². The van der Waals surface area contributed by atoms with Gasteiger partial charge < -0.3 is 30.3 Å². The SMILES string of the molecule is CCCC(C)NC(=O)C(=O)C(COCc1ccccc1)NC(=O)[C@@H](CC1CCCCC1)NC(=O)N1CCOCC1. The molecule has 4 amide bonds. The van der Waals surface area contributed by atoms with Crippen molar-refractivity contribution >= 4 is 23.6 Å². The van der Waals surface area contributed by atoms with Crippen molar-refractivity contribution in [3.05, 3.63) is 35.9 Å². The molecule has 0 spiro atoms. The number of nitrogens with one attached hydrogen (secondary N) is 3. The van der Waals surface area contributed by atoms with Crippen LogP contribution in [0.4, 0.5) is 4.79 Å². The van der Waals surface area contributed by atoms with Crippen molar-refractivity contribution in [2.24, 2.45) is 5.92 Å². The van der Waals surface area contributed by atoms with E-state index >= 15 is 0 Å². The van der Waals surface area contributed by atoms with Crippen molar-refractivity contribution in [3.8, 4) is 0 Å². The lowest BCUT2D eigenvalue weighted by molar-refractivity contribution is -0.141. The zero-order chi connectivity index (χ0) is 28.7. The molecule has 2 fully saturated rings. The van der Waals surface area contributed by atoms with Crippen molar-refractivity contribution in [1.82, 2.24) is 20.9 Å². The average molecular weight is 559 g/mol. The van der Waals surface area contributed by atoms with E-state index in [2.05, 4.69) is 16.0 Å². The van der Waals surface area contributed by atoms with Crippen LogP contribution >= 0.6 is 0 Å². The lowest BCUT2D eigenvalue weighted by Gasteiger charge is -2.31. The summed E-state index contributed by atoms with van der Waals surface area (Å²) in [7, 11) is 0. The number of urea groups is 1. The first-order valence-electron chi connectivity index (χ1n) is 14.8. The predicted molar refractivity (Wildman–Crippen MR) is 151 cm³/mol. The number of hydrogen-bond acceptors (Lipinski definition) is 6. The van der Waals surface area contributed by atoms with Crippen LogP contribution in [0.2, 0.25) is 0 Å². The third kappa shape index (κ3) is 10.5. The Kier molecular flexibility index (Phi) is 13.4. The van der Waals surface area contributed by atoms with Crippen molar-refractivity contribution in [2.45, 2.75) is 89.9 Å². The molecule has 222 valence electrons. The zero-order valence-electron chi connectivity index (χ0n) is 24.0. The molecule has 0 aromatic heterocycles. The predicted octanol–water partition coefficient (Wildman–Crippen LogP) is 2.94. The van der Waals surface area contributed by atoms with Gasteiger partial charge in [0, 0.05) is 19.1 Å². The van der Waals surface area contributed by atoms with Crippen LogP contribution in [0, 0.1) is 5.92 Å². The quantitative estimate of drug-likeness (QED) is 0.302. The summed E-state index contributed by atoms with van der Waals surface area (Å²) in [6.45, 7) is 5.72. The van der Waals surface area contributed by atoms with Gasteiger partial charge >= 0.3 is 6.03 Å². The largest absolute Gasteiger partial charge is 0.378 e. The highest BCUT2D eigenvalue weighted by Gasteiger charge is 2.33. The second-order valence-corrected chi connectivity index (χ2v) is 10.9. The fourth-order valence-corrected chi connectivity index (χ4v) is 5.28. The van der Waals surface area contributed by atoms with Crippen LogP contribution in [0.3, 0.4) is 0 Å². The number of carbonyl (C=O) groups is 4. The molecule has 2 aliphatic rings. The molecule has 2 unspecified atom stereocenters. The minimum Gasteiger partial charge on any atom is -0.378 e. The van der Waals surface area contributed by atoms with Crippen molar-refractivity contribution in [1.29, 1.82) is 0 Å². The number of rotatable bonds is 14. The van der Waals surface area contributed by atoms with Gasteiger partial charge in [-0.15, -0.1) is 0 Å². The van der Waals surface area contributed by atoms with E-state index in [0.29, 0.717) is 38.6 Å². The summed E-state index contributed by atoms with van der Waals surface area (Å²) in [5.41, 5.74) is 0.911. The maximum atomic E-state index is 13.6. The molecule has 1 aromatic carbocycles. The molecule has 1 heterocycles. The highest BCUT2D eigenvalue weighted by atomic mass is 16.5. The topological polar surface area (TPSA) is 126 Å². The maximum absolute atomic E-state index is 13.6. The molecular formula is C30H46N4O6. The van der Waals surface area contributed by atoms with Gasteiger partial charge in [-0.25, -0.2) is 4.79 Å². The minimum atomic E-state index is -1.18. The number of hydrogen-bond donors (Lipinski definition) is 3. The normalized spacial score (nSPS) is 18.3. The smallest absolute Gasteiger partial charge is 0.318 e. The number of benzene rings is 1. The fraction of sp³-hybridized carbons (Fsp3) is 0.667. The molecule has 3 rings (SSSR count). The Morgan fingerprint density at radius 3 is 2.35 bits per heavy atom. The summed E-state index contributed by atoms with van der Waals surface area (Å²) in [6, 6.07) is 6.96. The first-order chi connectivity index (χ1) is 19.4. The summed E-state index contributed by atoms with van der Waals surface area (Å²) in [5.74, 6) is -1.70. The van der Waals surface area contributed by atoms with E-state index in [4.69, 9.17) is 9.47 Å². The summed E-state index contributed by atoms with van der Waals surface area (Å²) in [6.07, 6.45) is 7.44. The van der Waals surface area contributed by atoms with Crippen LogP contribution in [0.25, 0.3) is 0 Å². The highest BCUT2D eigenvalue weighted by molar-refractivity contribution is 6.38. The zero-order valence-corrected chi connectivity index (χ0v) is 24.0. The summed E-state index contributed by atoms with van der Waals surface area (Å²) in [5, 5.41) is 8.39. The molecule has 0 radical (unpaired) electrons. The molecule has 1 saturated carbocycles. The van der Waals surface area contributed by atoms with Gasteiger partial charge in [-0.3, -0.25) is 14.4 Å². The number of Topliss-reactive ketones (excluding diaryl/α,β-unsaturated/α-hetero) is 1. The van der Waals surface area contributed by atoms with Crippen molar-refractivity contribution < 1.29 is 28.7 Å². The second kappa shape index (κ2) is 17.0. The number of ketones is 1. The van der Waals surface area contributed by atoms with Gasteiger partial charge in [0.1, 0.15) is 12.1 Å². The highest BCUT2D eigenvalue weighted by Crippen LogP contribution is 2.27. The number of morpholine rings is 1. The van der Waals surface area contributed by atoms with Crippen LogP contribution in [-0.2, 0) is 30.5 Å². The molecule has 1 aromatic rings. The van der Waals surface area contributed by atoms with Gasteiger partial charge in [-0.1, -0.05) is 75.8 Å². The summed E-state index contributed by atoms with van der Waals surface area (Å²) in [4.78, 5) is 54.3. The lowest BCUT2D eigenvalue weighted by atomic mass is 9.84. The maximum Gasteiger partial charge on any atom is 0.318 e. The number of ether oxygens (including phenoxy) is 2. The molecule has 1 saturated heterocycles. The van der Waals surface area contributed by atoms with Crippen molar-refractivity contribution in [2.75, 3.05) is 32.9 Å². The first-order valence-corrected chi connectivity index (χ1v) is 14.8. The van der Waals surface area contributed by atoms with Gasteiger partial charge in [0.2, 0.25) is 11.7 Å². The van der Waals surface area contributed by atoms with Gasteiger partial charge in [-0.2, -0.15) is 0 Å². The second-order valence-electron chi connectivity index (χ2n) is 10.9. The molecule has 0 bridgehead atoms. The Morgan fingerprint density at radius 2 is 1.68 bits per heavy atom. The Morgan fingerprint density at radius 1 is 0.975 bits per heavy atom. The van der Waals surface area contributed by atoms with E-state index < -0.39 is 29.7 Å². The van der Waals surface area contributed by atoms with Crippen LogP contribution in [0.1, 0.15) is 70.8 Å². The molecule has 1 aliphatic carbocycles. The summed E-state index contributed by atoms with van der Waals surface area (Å²) < 4.78 is 11.1. The molecule has 40 heavy (non-hydrogen) atoms. The molecule has 3 N–H and O–H groups in total.